The molecule has 0 atom stereocenters. The van der Waals surface area contributed by atoms with E-state index in [-0.39, 0.29) is 12.5 Å². The SMILES string of the molecule is C=C(C)C(=O)OCCNC(=O)CCCCc1cccc(C)c1. The first kappa shape index (κ1) is 18.0. The Morgan fingerprint density at radius 1 is 1.27 bits per heavy atom. The highest BCUT2D eigenvalue weighted by Gasteiger charge is 2.04. The third-order valence-electron chi connectivity index (χ3n) is 3.21. The number of carbonyl (C=O) groups excluding carboxylic acids is 2. The molecule has 22 heavy (non-hydrogen) atoms. The van der Waals surface area contributed by atoms with Crippen LogP contribution in [0.15, 0.2) is 36.4 Å². The molecule has 0 radical (unpaired) electrons. The van der Waals surface area contributed by atoms with Crippen LogP contribution >= 0.6 is 0 Å². The first-order valence-corrected chi connectivity index (χ1v) is 7.64. The Hall–Kier alpha value is -2.10. The van der Waals surface area contributed by atoms with Gasteiger partial charge in [0.2, 0.25) is 5.91 Å². The highest BCUT2D eigenvalue weighted by molar-refractivity contribution is 5.86. The molecule has 1 N–H and O–H groups in total. The number of benzene rings is 1. The fourth-order valence-corrected chi connectivity index (χ4v) is 2.03. The van der Waals surface area contributed by atoms with Gasteiger partial charge in [-0.2, -0.15) is 0 Å². The Morgan fingerprint density at radius 2 is 2.05 bits per heavy atom. The van der Waals surface area contributed by atoms with E-state index in [0.717, 1.165) is 19.3 Å². The average molecular weight is 303 g/mol. The maximum atomic E-state index is 11.6. The monoisotopic (exact) mass is 303 g/mol. The van der Waals surface area contributed by atoms with E-state index in [1.807, 2.05) is 0 Å². The second-order valence-corrected chi connectivity index (χ2v) is 5.46. The summed E-state index contributed by atoms with van der Waals surface area (Å²) in [5.74, 6) is -0.428. The minimum atomic E-state index is -0.424. The molecular weight excluding hydrogens is 278 g/mol. The topological polar surface area (TPSA) is 55.4 Å². The minimum absolute atomic E-state index is 0.00406. The van der Waals surface area contributed by atoms with Crippen LogP contribution in [0.3, 0.4) is 0 Å². The maximum absolute atomic E-state index is 11.6. The standard InChI is InChI=1S/C18H25NO3/c1-14(2)18(21)22-12-11-19-17(20)10-5-4-8-16-9-6-7-15(3)13-16/h6-7,9,13H,1,4-5,8,10-12H2,2-3H3,(H,19,20). The van der Waals surface area contributed by atoms with Crippen LogP contribution in [0.25, 0.3) is 0 Å². The summed E-state index contributed by atoms with van der Waals surface area (Å²) in [4.78, 5) is 22.7. The first-order chi connectivity index (χ1) is 10.5. The number of ether oxygens (including phenoxy) is 1. The number of rotatable bonds is 9. The Balaban J connectivity index is 2.06. The van der Waals surface area contributed by atoms with Crippen molar-refractivity contribution < 1.29 is 14.3 Å². The molecule has 0 fully saturated rings. The summed E-state index contributed by atoms with van der Waals surface area (Å²) in [7, 11) is 0. The number of unbranched alkanes of at least 4 members (excludes halogenated alkanes) is 1. The molecule has 0 aromatic heterocycles. The number of hydrogen-bond acceptors (Lipinski definition) is 3. The van der Waals surface area contributed by atoms with Crippen LogP contribution in [0.2, 0.25) is 0 Å². The van der Waals surface area contributed by atoms with Gasteiger partial charge in [-0.3, -0.25) is 4.79 Å². The summed E-state index contributed by atoms with van der Waals surface area (Å²) in [6.45, 7) is 7.68. The fourth-order valence-electron chi connectivity index (χ4n) is 2.03. The predicted octanol–water partition coefficient (Wildman–Crippen LogP) is 2.94. The van der Waals surface area contributed by atoms with E-state index in [4.69, 9.17) is 4.74 Å². The lowest BCUT2D eigenvalue weighted by atomic mass is 10.0. The predicted molar refractivity (Wildman–Crippen MR) is 87.5 cm³/mol. The summed E-state index contributed by atoms with van der Waals surface area (Å²) in [6, 6.07) is 8.43. The van der Waals surface area contributed by atoms with E-state index in [2.05, 4.69) is 43.1 Å². The third-order valence-corrected chi connectivity index (χ3v) is 3.21. The fraction of sp³-hybridized carbons (Fsp3) is 0.444. The van der Waals surface area contributed by atoms with Gasteiger partial charge in [-0.05, 0) is 38.7 Å². The van der Waals surface area contributed by atoms with Crippen molar-refractivity contribution in [3.05, 3.63) is 47.5 Å². The number of aryl methyl sites for hydroxylation is 2. The van der Waals surface area contributed by atoms with Crippen LogP contribution in [0.4, 0.5) is 0 Å². The lowest BCUT2D eigenvalue weighted by Crippen LogP contribution is -2.27. The summed E-state index contributed by atoms with van der Waals surface area (Å²) >= 11 is 0. The van der Waals surface area contributed by atoms with Crippen LogP contribution < -0.4 is 5.32 Å². The Labute approximate surface area is 132 Å². The van der Waals surface area contributed by atoms with Gasteiger partial charge in [0.15, 0.2) is 0 Å². The van der Waals surface area contributed by atoms with Gasteiger partial charge >= 0.3 is 5.97 Å². The van der Waals surface area contributed by atoms with Gasteiger partial charge in [-0.25, -0.2) is 4.79 Å². The summed E-state index contributed by atoms with van der Waals surface area (Å²) < 4.78 is 4.90. The van der Waals surface area contributed by atoms with Crippen molar-refractivity contribution >= 4 is 11.9 Å². The van der Waals surface area contributed by atoms with Gasteiger partial charge in [0, 0.05) is 12.0 Å². The minimum Gasteiger partial charge on any atom is -0.460 e. The molecule has 0 unspecified atom stereocenters. The highest BCUT2D eigenvalue weighted by Crippen LogP contribution is 2.08. The zero-order valence-electron chi connectivity index (χ0n) is 13.5. The largest absolute Gasteiger partial charge is 0.460 e. The van der Waals surface area contributed by atoms with E-state index >= 15 is 0 Å². The molecule has 120 valence electrons. The second kappa shape index (κ2) is 9.77. The van der Waals surface area contributed by atoms with E-state index < -0.39 is 5.97 Å². The van der Waals surface area contributed by atoms with Gasteiger partial charge in [-0.15, -0.1) is 0 Å². The van der Waals surface area contributed by atoms with Gasteiger partial charge < -0.3 is 10.1 Å². The lowest BCUT2D eigenvalue weighted by molar-refractivity contribution is -0.139. The van der Waals surface area contributed by atoms with Crippen molar-refractivity contribution in [3.63, 3.8) is 0 Å². The molecule has 0 aliphatic heterocycles. The number of esters is 1. The normalized spacial score (nSPS) is 10.1. The molecule has 0 saturated carbocycles. The van der Waals surface area contributed by atoms with E-state index in [1.165, 1.54) is 11.1 Å². The van der Waals surface area contributed by atoms with Gasteiger partial charge in [0.25, 0.3) is 0 Å². The molecular formula is C18H25NO3. The Bertz CT molecular complexity index is 523. The highest BCUT2D eigenvalue weighted by atomic mass is 16.5. The van der Waals surface area contributed by atoms with Crippen LogP contribution in [-0.4, -0.2) is 25.0 Å². The number of carbonyl (C=O) groups is 2. The molecule has 1 aromatic carbocycles. The third kappa shape index (κ3) is 7.62. The molecule has 0 spiro atoms. The Kier molecular flexibility index (Phi) is 7.97. The van der Waals surface area contributed by atoms with Crippen molar-refractivity contribution in [1.29, 1.82) is 0 Å². The number of amides is 1. The van der Waals surface area contributed by atoms with E-state index in [0.29, 0.717) is 18.5 Å². The maximum Gasteiger partial charge on any atom is 0.333 e. The van der Waals surface area contributed by atoms with Crippen molar-refractivity contribution in [1.82, 2.24) is 5.32 Å². The smallest absolute Gasteiger partial charge is 0.333 e. The van der Waals surface area contributed by atoms with Gasteiger partial charge in [0.1, 0.15) is 6.61 Å². The molecule has 1 aromatic rings. The number of hydrogen-bond donors (Lipinski definition) is 1. The van der Waals surface area contributed by atoms with Crippen molar-refractivity contribution in [3.8, 4) is 0 Å². The molecule has 1 amide bonds. The molecule has 0 saturated heterocycles. The van der Waals surface area contributed by atoms with E-state index in [1.54, 1.807) is 6.92 Å². The number of nitrogens with one attached hydrogen (secondary N) is 1. The zero-order valence-corrected chi connectivity index (χ0v) is 13.5. The molecule has 4 nitrogen and oxygen atoms in total. The van der Waals surface area contributed by atoms with Crippen LogP contribution in [-0.2, 0) is 20.7 Å². The van der Waals surface area contributed by atoms with Gasteiger partial charge in [0.05, 0.1) is 6.54 Å². The summed E-state index contributed by atoms with van der Waals surface area (Å²) in [6.07, 6.45) is 3.33. The van der Waals surface area contributed by atoms with Crippen LogP contribution in [0.1, 0.15) is 37.3 Å². The zero-order chi connectivity index (χ0) is 16.4. The second-order valence-electron chi connectivity index (χ2n) is 5.46. The van der Waals surface area contributed by atoms with Crippen LogP contribution in [0.5, 0.6) is 0 Å². The molecule has 4 heteroatoms. The molecule has 1 rings (SSSR count). The quantitative estimate of drug-likeness (QED) is 0.433. The average Bonchev–Trinajstić information content (AvgIpc) is 2.48. The summed E-state index contributed by atoms with van der Waals surface area (Å²) in [5.41, 5.74) is 2.94. The lowest BCUT2D eigenvalue weighted by Gasteiger charge is -2.07. The van der Waals surface area contributed by atoms with Gasteiger partial charge in [-0.1, -0.05) is 36.4 Å². The van der Waals surface area contributed by atoms with Crippen molar-refractivity contribution in [2.45, 2.75) is 39.5 Å². The molecule has 0 bridgehead atoms. The van der Waals surface area contributed by atoms with Crippen molar-refractivity contribution in [2.75, 3.05) is 13.2 Å². The first-order valence-electron chi connectivity index (χ1n) is 7.64. The Morgan fingerprint density at radius 3 is 2.73 bits per heavy atom. The summed E-state index contributed by atoms with van der Waals surface area (Å²) in [5, 5.41) is 2.74. The molecule has 0 aliphatic rings. The van der Waals surface area contributed by atoms with E-state index in [9.17, 15) is 9.59 Å². The molecule has 0 heterocycles. The van der Waals surface area contributed by atoms with Crippen molar-refractivity contribution in [2.24, 2.45) is 0 Å². The van der Waals surface area contributed by atoms with Crippen LogP contribution in [0, 0.1) is 6.92 Å². The molecule has 0 aliphatic carbocycles.